The number of aromatic nitrogens is 3. The zero-order valence-electron chi connectivity index (χ0n) is 16.2. The second-order valence-electron chi connectivity index (χ2n) is 7.07. The maximum Gasteiger partial charge on any atom is 0.235 e. The fourth-order valence-corrected chi connectivity index (χ4v) is 4.57. The summed E-state index contributed by atoms with van der Waals surface area (Å²) in [6.07, 6.45) is 7.79. The first-order chi connectivity index (χ1) is 13.1. The highest BCUT2D eigenvalue weighted by molar-refractivity contribution is 8.00. The van der Waals surface area contributed by atoms with Crippen molar-refractivity contribution >= 4 is 17.7 Å². The molecule has 5 nitrogen and oxygen atoms in total. The minimum absolute atomic E-state index is 0.168. The lowest BCUT2D eigenvalue weighted by atomic mass is 9.94. The van der Waals surface area contributed by atoms with Crippen molar-refractivity contribution in [1.29, 1.82) is 0 Å². The first-order valence-corrected chi connectivity index (χ1v) is 10.5. The monoisotopic (exact) mass is 384 g/mol. The van der Waals surface area contributed by atoms with Crippen LogP contribution in [0.3, 0.4) is 0 Å². The van der Waals surface area contributed by atoms with Gasteiger partial charge in [0.15, 0.2) is 11.0 Å². The normalized spacial score (nSPS) is 16.1. The van der Waals surface area contributed by atoms with E-state index < -0.39 is 0 Å². The summed E-state index contributed by atoms with van der Waals surface area (Å²) in [6, 6.07) is 10.4. The van der Waals surface area contributed by atoms with Crippen LogP contribution in [-0.2, 0) is 11.3 Å². The predicted molar refractivity (Wildman–Crippen MR) is 111 cm³/mol. The van der Waals surface area contributed by atoms with Crippen LogP contribution in [0.25, 0.3) is 11.4 Å². The molecule has 1 heterocycles. The Morgan fingerprint density at radius 2 is 2.00 bits per heavy atom. The van der Waals surface area contributed by atoms with Crippen LogP contribution in [0.15, 0.2) is 48.1 Å². The zero-order valence-corrected chi connectivity index (χ0v) is 17.0. The molecule has 0 spiro atoms. The highest BCUT2D eigenvalue weighted by Gasteiger charge is 2.27. The molecular weight excluding hydrogens is 356 g/mol. The Morgan fingerprint density at radius 3 is 2.67 bits per heavy atom. The Labute approximate surface area is 165 Å². The van der Waals surface area contributed by atoms with Crippen molar-refractivity contribution in [2.45, 2.75) is 62.0 Å². The van der Waals surface area contributed by atoms with Crippen molar-refractivity contribution in [3.05, 3.63) is 43.0 Å². The third kappa shape index (κ3) is 4.61. The summed E-state index contributed by atoms with van der Waals surface area (Å²) in [7, 11) is 1.94. The molecule has 1 atom stereocenters. The van der Waals surface area contributed by atoms with Gasteiger partial charge in [-0.15, -0.1) is 16.8 Å². The van der Waals surface area contributed by atoms with Crippen molar-refractivity contribution in [3.8, 4) is 11.4 Å². The average Bonchev–Trinajstić information content (AvgIpc) is 3.10. The summed E-state index contributed by atoms with van der Waals surface area (Å²) in [5, 5.41) is 9.29. The molecule has 0 aliphatic heterocycles. The van der Waals surface area contributed by atoms with Gasteiger partial charge in [0.1, 0.15) is 0 Å². The van der Waals surface area contributed by atoms with E-state index in [-0.39, 0.29) is 11.2 Å². The third-order valence-corrected chi connectivity index (χ3v) is 6.23. The lowest BCUT2D eigenvalue weighted by Crippen LogP contribution is -2.42. The molecule has 1 aliphatic carbocycles. The maximum absolute atomic E-state index is 12.9. The summed E-state index contributed by atoms with van der Waals surface area (Å²) in [5.41, 5.74) is 1.01. The molecule has 1 fully saturated rings. The fourth-order valence-electron chi connectivity index (χ4n) is 3.61. The van der Waals surface area contributed by atoms with Crippen LogP contribution in [0.4, 0.5) is 0 Å². The summed E-state index contributed by atoms with van der Waals surface area (Å²) in [4.78, 5) is 14.9. The van der Waals surface area contributed by atoms with Crippen molar-refractivity contribution < 1.29 is 4.79 Å². The predicted octanol–water partition coefficient (Wildman–Crippen LogP) is 4.40. The number of nitrogens with zero attached hydrogens (tertiary/aromatic N) is 4. The number of allylic oxidation sites excluding steroid dienone is 1. The van der Waals surface area contributed by atoms with E-state index in [0.717, 1.165) is 29.4 Å². The molecule has 1 saturated carbocycles. The van der Waals surface area contributed by atoms with Gasteiger partial charge in [0.25, 0.3) is 0 Å². The van der Waals surface area contributed by atoms with E-state index in [4.69, 9.17) is 0 Å². The fraction of sp³-hybridized carbons (Fsp3) is 0.476. The van der Waals surface area contributed by atoms with Crippen LogP contribution in [0.1, 0.15) is 39.0 Å². The molecule has 144 valence electrons. The molecule has 1 unspecified atom stereocenters. The standard InChI is InChI=1S/C21H28N4OS/c1-4-15-25-19(17-11-7-5-8-12-17)22-23-21(25)27-16(2)20(26)24(3)18-13-9-6-10-14-18/h4-5,7-8,11-12,16,18H,1,6,9-10,13-15H2,2-3H3. The quantitative estimate of drug-likeness (QED) is 0.524. The molecular formula is C21H28N4OS. The summed E-state index contributed by atoms with van der Waals surface area (Å²) >= 11 is 1.48. The molecule has 6 heteroatoms. The first-order valence-electron chi connectivity index (χ1n) is 9.64. The zero-order chi connectivity index (χ0) is 19.2. The molecule has 3 rings (SSSR count). The summed E-state index contributed by atoms with van der Waals surface area (Å²) in [5.74, 6) is 0.972. The van der Waals surface area contributed by atoms with Gasteiger partial charge < -0.3 is 4.90 Å². The van der Waals surface area contributed by atoms with Crippen molar-refractivity contribution in [3.63, 3.8) is 0 Å². The molecule has 0 bridgehead atoms. The first kappa shape index (κ1) is 19.7. The van der Waals surface area contributed by atoms with E-state index in [2.05, 4.69) is 16.8 Å². The van der Waals surface area contributed by atoms with Crippen LogP contribution in [0.5, 0.6) is 0 Å². The molecule has 2 aromatic rings. The van der Waals surface area contributed by atoms with Gasteiger partial charge in [0.05, 0.1) is 5.25 Å². The SMILES string of the molecule is C=CCn1c(SC(C)C(=O)N(C)C2CCCCC2)nnc1-c1ccccc1. The van der Waals surface area contributed by atoms with E-state index in [1.807, 2.05) is 59.8 Å². The summed E-state index contributed by atoms with van der Waals surface area (Å²) in [6.45, 7) is 6.42. The largest absolute Gasteiger partial charge is 0.342 e. The number of rotatable bonds is 7. The number of hydrogen-bond donors (Lipinski definition) is 0. The Morgan fingerprint density at radius 1 is 1.30 bits per heavy atom. The number of carbonyl (C=O) groups is 1. The van der Waals surface area contributed by atoms with Crippen molar-refractivity contribution in [2.24, 2.45) is 0 Å². The van der Waals surface area contributed by atoms with Gasteiger partial charge in [0.2, 0.25) is 5.91 Å². The maximum atomic E-state index is 12.9. The van der Waals surface area contributed by atoms with Crippen LogP contribution in [-0.4, -0.2) is 43.9 Å². The summed E-state index contributed by atoms with van der Waals surface area (Å²) < 4.78 is 2.03. The van der Waals surface area contributed by atoms with Crippen LogP contribution in [0, 0.1) is 0 Å². The van der Waals surface area contributed by atoms with Crippen LogP contribution in [0.2, 0.25) is 0 Å². The van der Waals surface area contributed by atoms with Crippen LogP contribution < -0.4 is 0 Å². The Hall–Kier alpha value is -2.08. The number of benzene rings is 1. The van der Waals surface area contributed by atoms with Gasteiger partial charge in [0, 0.05) is 25.2 Å². The molecule has 0 N–H and O–H groups in total. The van der Waals surface area contributed by atoms with Gasteiger partial charge in [-0.3, -0.25) is 9.36 Å². The molecule has 1 aromatic heterocycles. The minimum atomic E-state index is -0.201. The van der Waals surface area contributed by atoms with Gasteiger partial charge >= 0.3 is 0 Å². The number of thioether (sulfide) groups is 1. The van der Waals surface area contributed by atoms with Gasteiger partial charge in [-0.2, -0.15) is 0 Å². The van der Waals surface area contributed by atoms with Gasteiger partial charge in [-0.25, -0.2) is 0 Å². The minimum Gasteiger partial charge on any atom is -0.342 e. The molecule has 27 heavy (non-hydrogen) atoms. The van der Waals surface area contributed by atoms with E-state index in [9.17, 15) is 4.79 Å². The third-order valence-electron chi connectivity index (χ3n) is 5.16. The van der Waals surface area contributed by atoms with Gasteiger partial charge in [-0.1, -0.05) is 67.4 Å². The molecule has 1 aliphatic rings. The number of amides is 1. The van der Waals surface area contributed by atoms with E-state index in [0.29, 0.717) is 12.6 Å². The Balaban J connectivity index is 1.75. The number of carbonyl (C=O) groups excluding carboxylic acids is 1. The number of hydrogen-bond acceptors (Lipinski definition) is 4. The molecule has 1 aromatic carbocycles. The molecule has 1 amide bonds. The highest BCUT2D eigenvalue weighted by atomic mass is 32.2. The van der Waals surface area contributed by atoms with E-state index >= 15 is 0 Å². The van der Waals surface area contributed by atoms with Gasteiger partial charge in [-0.05, 0) is 19.8 Å². The Bertz CT molecular complexity index is 768. The molecule has 0 radical (unpaired) electrons. The highest BCUT2D eigenvalue weighted by Crippen LogP contribution is 2.29. The van der Waals surface area contributed by atoms with E-state index in [1.165, 1.54) is 31.0 Å². The lowest BCUT2D eigenvalue weighted by molar-refractivity contribution is -0.131. The second kappa shape index (κ2) is 9.22. The van der Waals surface area contributed by atoms with Crippen molar-refractivity contribution in [1.82, 2.24) is 19.7 Å². The van der Waals surface area contributed by atoms with E-state index in [1.54, 1.807) is 0 Å². The lowest BCUT2D eigenvalue weighted by Gasteiger charge is -2.32. The van der Waals surface area contributed by atoms with Crippen LogP contribution >= 0.6 is 11.8 Å². The smallest absolute Gasteiger partial charge is 0.235 e. The molecule has 0 saturated heterocycles. The second-order valence-corrected chi connectivity index (χ2v) is 8.38. The Kier molecular flexibility index (Phi) is 6.72. The van der Waals surface area contributed by atoms with Crippen molar-refractivity contribution in [2.75, 3.05) is 7.05 Å². The average molecular weight is 385 g/mol. The topological polar surface area (TPSA) is 51.0 Å².